The number of rotatable bonds is 8. The van der Waals surface area contributed by atoms with E-state index in [0.29, 0.717) is 11.6 Å². The van der Waals surface area contributed by atoms with Crippen molar-refractivity contribution in [3.05, 3.63) is 106 Å². The summed E-state index contributed by atoms with van der Waals surface area (Å²) in [5.41, 5.74) is 2.29. The topological polar surface area (TPSA) is 123 Å². The number of hydrogen-bond acceptors (Lipinski definition) is 5. The predicted molar refractivity (Wildman–Crippen MR) is 145 cm³/mol. The zero-order valence-corrected chi connectivity index (χ0v) is 23.3. The SMILES string of the molecule is CC12C3c4c(C(F)(F)F)nn(CC(=O)NC(Cc5cc(F)cc(F)c5)c5ncccc5-c5ccc(F)c(C(N)=O)c5)c4C1(O)C32. The van der Waals surface area contributed by atoms with Crippen molar-refractivity contribution in [2.75, 3.05) is 0 Å². The summed E-state index contributed by atoms with van der Waals surface area (Å²) in [4.78, 5) is 29.7. The molecule has 2 saturated carbocycles. The van der Waals surface area contributed by atoms with Gasteiger partial charge in [0.25, 0.3) is 5.91 Å². The van der Waals surface area contributed by atoms with Crippen molar-refractivity contribution >= 4 is 11.8 Å². The maximum Gasteiger partial charge on any atom is 0.435 e. The van der Waals surface area contributed by atoms with Gasteiger partial charge in [-0.3, -0.25) is 19.3 Å². The molecule has 2 amide bonds. The van der Waals surface area contributed by atoms with Gasteiger partial charge in [-0.2, -0.15) is 18.3 Å². The van der Waals surface area contributed by atoms with Crippen LogP contribution in [0.4, 0.5) is 26.3 Å². The molecule has 2 bridgehead atoms. The molecule has 2 fully saturated rings. The minimum atomic E-state index is -4.80. The number of alkyl halides is 3. The zero-order valence-electron chi connectivity index (χ0n) is 23.3. The highest BCUT2D eigenvalue weighted by Gasteiger charge is 3.00. The van der Waals surface area contributed by atoms with Gasteiger partial charge in [0.1, 0.15) is 29.6 Å². The van der Waals surface area contributed by atoms with Gasteiger partial charge in [-0.15, -0.1) is 0 Å². The van der Waals surface area contributed by atoms with Gasteiger partial charge in [0.05, 0.1) is 23.0 Å². The van der Waals surface area contributed by atoms with Crippen molar-refractivity contribution in [1.82, 2.24) is 20.1 Å². The number of hydrogen-bond donors (Lipinski definition) is 3. The van der Waals surface area contributed by atoms with Crippen LogP contribution in [0.5, 0.6) is 0 Å². The molecule has 4 aromatic rings. The molecular formula is C31H23F6N5O3. The summed E-state index contributed by atoms with van der Waals surface area (Å²) >= 11 is 0. The van der Waals surface area contributed by atoms with Crippen LogP contribution in [0.3, 0.4) is 0 Å². The van der Waals surface area contributed by atoms with E-state index in [0.717, 1.165) is 22.9 Å². The third-order valence-electron chi connectivity index (χ3n) is 9.34. The number of halogens is 6. The van der Waals surface area contributed by atoms with E-state index in [2.05, 4.69) is 15.4 Å². The fourth-order valence-corrected chi connectivity index (χ4v) is 7.29. The molecule has 5 atom stereocenters. The molecule has 14 heteroatoms. The van der Waals surface area contributed by atoms with Crippen molar-refractivity contribution in [2.45, 2.75) is 43.6 Å². The minimum absolute atomic E-state index is 0.0324. The fourth-order valence-electron chi connectivity index (χ4n) is 7.29. The van der Waals surface area contributed by atoms with E-state index in [4.69, 9.17) is 5.73 Å². The van der Waals surface area contributed by atoms with E-state index in [9.17, 15) is 41.0 Å². The largest absolute Gasteiger partial charge is 0.435 e. The first kappa shape index (κ1) is 29.0. The molecule has 8 rings (SSSR count). The van der Waals surface area contributed by atoms with Crippen LogP contribution in [0.2, 0.25) is 0 Å². The molecule has 4 aliphatic carbocycles. The second kappa shape index (κ2) is 9.39. The molecule has 4 aliphatic rings. The van der Waals surface area contributed by atoms with Gasteiger partial charge in [0.2, 0.25) is 5.91 Å². The van der Waals surface area contributed by atoms with Crippen LogP contribution in [-0.4, -0.2) is 31.7 Å². The van der Waals surface area contributed by atoms with Crippen molar-refractivity contribution in [2.24, 2.45) is 17.1 Å². The van der Waals surface area contributed by atoms with Crippen LogP contribution in [-0.2, 0) is 29.5 Å². The maximum atomic E-state index is 14.2. The maximum absolute atomic E-state index is 14.2. The lowest BCUT2D eigenvalue weighted by molar-refractivity contribution is -0.142. The van der Waals surface area contributed by atoms with Gasteiger partial charge in [-0.1, -0.05) is 19.1 Å². The average molecular weight is 628 g/mol. The van der Waals surface area contributed by atoms with E-state index in [1.807, 2.05) is 0 Å². The Hall–Kier alpha value is -4.72. The fraction of sp³-hybridized carbons (Fsp3) is 0.290. The lowest BCUT2D eigenvalue weighted by Gasteiger charge is -2.22. The number of amides is 2. The number of nitrogens with zero attached hydrogens (tertiary/aromatic N) is 3. The summed E-state index contributed by atoms with van der Waals surface area (Å²) in [6.07, 6.45) is -3.64. The minimum Gasteiger partial charge on any atom is -0.383 e. The van der Waals surface area contributed by atoms with Crippen molar-refractivity contribution < 1.29 is 41.0 Å². The number of nitrogens with two attached hydrogens (primary N) is 1. The first-order valence-electron chi connectivity index (χ1n) is 13.9. The number of carbonyl (C=O) groups is 2. The van der Waals surface area contributed by atoms with E-state index >= 15 is 0 Å². The zero-order chi connectivity index (χ0) is 32.2. The monoisotopic (exact) mass is 627 g/mol. The third-order valence-corrected chi connectivity index (χ3v) is 9.34. The number of benzene rings is 2. The number of aromatic nitrogens is 3. The summed E-state index contributed by atoms with van der Waals surface area (Å²) in [6.45, 7) is 0.998. The number of nitrogens with one attached hydrogen (secondary N) is 1. The van der Waals surface area contributed by atoms with Crippen LogP contribution < -0.4 is 11.1 Å². The lowest BCUT2D eigenvalue weighted by atomic mass is 9.94. The number of pyridine rings is 1. The highest BCUT2D eigenvalue weighted by molar-refractivity contribution is 5.94. The first-order chi connectivity index (χ1) is 21.2. The van der Waals surface area contributed by atoms with Crippen LogP contribution in [0.15, 0.2) is 54.7 Å². The summed E-state index contributed by atoms with van der Waals surface area (Å²) in [5, 5.41) is 17.5. The Morgan fingerprint density at radius 3 is 2.44 bits per heavy atom. The van der Waals surface area contributed by atoms with E-state index in [1.54, 1.807) is 13.0 Å². The van der Waals surface area contributed by atoms with E-state index in [1.165, 1.54) is 24.4 Å². The van der Waals surface area contributed by atoms with Crippen LogP contribution >= 0.6 is 0 Å². The lowest BCUT2D eigenvalue weighted by Crippen LogP contribution is -2.35. The summed E-state index contributed by atoms with van der Waals surface area (Å²) in [5.74, 6) is -5.32. The molecule has 4 N–H and O–H groups in total. The summed E-state index contributed by atoms with van der Waals surface area (Å²) < 4.78 is 85.1. The van der Waals surface area contributed by atoms with Crippen molar-refractivity contribution in [3.8, 4) is 11.1 Å². The summed E-state index contributed by atoms with van der Waals surface area (Å²) in [6, 6.07) is 8.32. The van der Waals surface area contributed by atoms with Crippen molar-refractivity contribution in [1.29, 1.82) is 0 Å². The molecule has 0 aliphatic heterocycles. The van der Waals surface area contributed by atoms with Crippen LogP contribution in [0.1, 0.15) is 57.5 Å². The Kier molecular flexibility index (Phi) is 6.06. The smallest absolute Gasteiger partial charge is 0.383 e. The molecule has 8 nitrogen and oxygen atoms in total. The molecule has 5 unspecified atom stereocenters. The van der Waals surface area contributed by atoms with Gasteiger partial charge >= 0.3 is 6.18 Å². The first-order valence-corrected chi connectivity index (χ1v) is 13.9. The number of carbonyl (C=O) groups excluding carboxylic acids is 2. The Morgan fingerprint density at radius 1 is 1.11 bits per heavy atom. The molecule has 0 spiro atoms. The van der Waals surface area contributed by atoms with Gasteiger partial charge < -0.3 is 16.2 Å². The molecule has 232 valence electrons. The van der Waals surface area contributed by atoms with Crippen LogP contribution in [0.25, 0.3) is 11.1 Å². The quantitative estimate of drug-likeness (QED) is 0.248. The number of primary amides is 1. The molecule has 45 heavy (non-hydrogen) atoms. The van der Waals surface area contributed by atoms with E-state index in [-0.39, 0.29) is 40.4 Å². The van der Waals surface area contributed by atoms with Gasteiger partial charge in [0.15, 0.2) is 5.69 Å². The Bertz CT molecular complexity index is 1920. The number of aliphatic hydroxyl groups is 1. The highest BCUT2D eigenvalue weighted by atomic mass is 19.4. The molecule has 2 heterocycles. The highest BCUT2D eigenvalue weighted by Crippen LogP contribution is 2.98. The van der Waals surface area contributed by atoms with Gasteiger partial charge in [-0.05, 0) is 47.9 Å². The summed E-state index contributed by atoms with van der Waals surface area (Å²) in [7, 11) is 0. The molecular weight excluding hydrogens is 604 g/mol. The third kappa shape index (κ3) is 4.18. The average Bonchev–Trinajstić information content (AvgIpc) is 3.50. The second-order valence-corrected chi connectivity index (χ2v) is 11.9. The Balaban J connectivity index is 1.25. The van der Waals surface area contributed by atoms with Crippen molar-refractivity contribution in [3.63, 3.8) is 0 Å². The predicted octanol–water partition coefficient (Wildman–Crippen LogP) is 4.51. The second-order valence-electron chi connectivity index (χ2n) is 11.9. The van der Waals surface area contributed by atoms with E-state index < -0.39 is 76.2 Å². The molecule has 0 radical (unpaired) electrons. The molecule has 0 saturated heterocycles. The Labute approximate surface area is 250 Å². The standard InChI is InChI=1S/C31H23F6N5O3/c1-29-23-22-26(31(35,36)37)41-42(27(22)30(29,45)25(23)29)12-21(43)40-20(9-13-7-15(32)11-16(33)8-13)24-17(3-2-6-39-24)14-4-5-19(34)18(10-14)28(38)44/h2-8,10-11,20,23,25,45H,9,12H2,1H3,(H2,38,44)(H,40,43). The molecule has 2 aromatic heterocycles. The van der Waals surface area contributed by atoms with Gasteiger partial charge in [-0.25, -0.2) is 13.2 Å². The van der Waals surface area contributed by atoms with Gasteiger partial charge in [0, 0.05) is 40.6 Å². The Morgan fingerprint density at radius 2 is 1.80 bits per heavy atom. The normalized spacial score (nSPS) is 24.5. The molecule has 2 aromatic carbocycles. The van der Waals surface area contributed by atoms with Crippen LogP contribution in [0, 0.1) is 28.8 Å².